The van der Waals surface area contributed by atoms with E-state index in [4.69, 9.17) is 5.26 Å². The van der Waals surface area contributed by atoms with Crippen molar-refractivity contribution in [3.05, 3.63) is 29.6 Å². The van der Waals surface area contributed by atoms with E-state index in [1.54, 1.807) is 6.20 Å². The summed E-state index contributed by atoms with van der Waals surface area (Å²) >= 11 is 0. The zero-order valence-electron chi connectivity index (χ0n) is 7.95. The van der Waals surface area contributed by atoms with Crippen molar-refractivity contribution < 1.29 is 0 Å². The number of hydrogen-bond donors (Lipinski definition) is 0. The van der Waals surface area contributed by atoms with Gasteiger partial charge in [0, 0.05) is 11.9 Å². The Bertz CT molecular complexity index is 282. The van der Waals surface area contributed by atoms with Crippen LogP contribution in [0.5, 0.6) is 0 Å². The van der Waals surface area contributed by atoms with E-state index in [0.29, 0.717) is 5.56 Å². The molecule has 0 saturated heterocycles. The Morgan fingerprint density at radius 3 is 2.77 bits per heavy atom. The largest absolute Gasteiger partial charge is 0.260 e. The van der Waals surface area contributed by atoms with Crippen LogP contribution in [0.2, 0.25) is 0 Å². The highest BCUT2D eigenvalue weighted by molar-refractivity contribution is 5.26. The Morgan fingerprint density at radius 1 is 1.38 bits per heavy atom. The summed E-state index contributed by atoms with van der Waals surface area (Å²) < 4.78 is 0. The molecule has 0 saturated carbocycles. The van der Waals surface area contributed by atoms with E-state index >= 15 is 0 Å². The molecule has 68 valence electrons. The van der Waals surface area contributed by atoms with Gasteiger partial charge in [-0.05, 0) is 25.0 Å². The average molecular weight is 174 g/mol. The van der Waals surface area contributed by atoms with Crippen LogP contribution in [0.15, 0.2) is 18.3 Å². The lowest BCUT2D eigenvalue weighted by molar-refractivity contribution is 0.707. The zero-order chi connectivity index (χ0) is 9.52. The molecule has 0 aliphatic carbocycles. The van der Waals surface area contributed by atoms with E-state index < -0.39 is 0 Å². The quantitative estimate of drug-likeness (QED) is 0.658. The molecule has 0 atom stereocenters. The number of hydrogen-bond acceptors (Lipinski definition) is 2. The second-order valence-electron chi connectivity index (χ2n) is 3.11. The van der Waals surface area contributed by atoms with E-state index in [2.05, 4.69) is 18.0 Å². The number of nitriles is 1. The molecule has 0 amide bonds. The highest BCUT2D eigenvalue weighted by Gasteiger charge is 1.94. The number of nitrogens with zero attached hydrogens (tertiary/aromatic N) is 2. The van der Waals surface area contributed by atoms with Crippen molar-refractivity contribution in [1.82, 2.24) is 4.98 Å². The van der Waals surface area contributed by atoms with Crippen molar-refractivity contribution in [2.24, 2.45) is 0 Å². The maximum absolute atomic E-state index is 8.55. The molecule has 0 spiro atoms. The molecule has 0 N–H and O–H groups in total. The lowest BCUT2D eigenvalue weighted by Crippen LogP contribution is -1.90. The molecule has 0 aromatic carbocycles. The number of aryl methyl sites for hydroxylation is 1. The maximum atomic E-state index is 8.55. The Hall–Kier alpha value is -1.36. The molecule has 0 bridgehead atoms. The van der Waals surface area contributed by atoms with Gasteiger partial charge in [-0.1, -0.05) is 19.8 Å². The van der Waals surface area contributed by atoms with Gasteiger partial charge in [0.05, 0.1) is 5.56 Å². The molecule has 2 heteroatoms. The van der Waals surface area contributed by atoms with Gasteiger partial charge in [0.15, 0.2) is 0 Å². The van der Waals surface area contributed by atoms with Crippen LogP contribution < -0.4 is 0 Å². The van der Waals surface area contributed by atoms with Crippen LogP contribution in [0.4, 0.5) is 0 Å². The summed E-state index contributed by atoms with van der Waals surface area (Å²) in [6.07, 6.45) is 6.34. The van der Waals surface area contributed by atoms with Crippen molar-refractivity contribution in [3.8, 4) is 6.07 Å². The molecular formula is C11H14N2. The summed E-state index contributed by atoms with van der Waals surface area (Å²) in [4.78, 5) is 4.20. The summed E-state index contributed by atoms with van der Waals surface area (Å²) in [7, 11) is 0. The molecule has 0 aliphatic rings. The van der Waals surface area contributed by atoms with Gasteiger partial charge in [-0.2, -0.15) is 5.26 Å². The molecule has 0 radical (unpaired) electrons. The molecule has 0 fully saturated rings. The Balaban J connectivity index is 2.46. The predicted octanol–water partition coefficient (Wildman–Crippen LogP) is 2.69. The van der Waals surface area contributed by atoms with Gasteiger partial charge >= 0.3 is 0 Å². The summed E-state index contributed by atoms with van der Waals surface area (Å²) in [5.41, 5.74) is 1.73. The molecular weight excluding hydrogens is 160 g/mol. The SMILES string of the molecule is CCCCCc1ccc(C#N)cn1. The Labute approximate surface area is 79.2 Å². The van der Waals surface area contributed by atoms with Crippen molar-refractivity contribution in [3.63, 3.8) is 0 Å². The molecule has 13 heavy (non-hydrogen) atoms. The number of unbranched alkanes of at least 4 members (excludes halogenated alkanes) is 2. The third-order valence-corrected chi connectivity index (χ3v) is 1.99. The van der Waals surface area contributed by atoms with Crippen molar-refractivity contribution in [2.75, 3.05) is 0 Å². The van der Waals surface area contributed by atoms with Crippen molar-refractivity contribution in [2.45, 2.75) is 32.6 Å². The first-order valence-electron chi connectivity index (χ1n) is 4.72. The normalized spacial score (nSPS) is 9.54. The molecule has 1 aromatic rings. The van der Waals surface area contributed by atoms with Crippen LogP contribution in [0.1, 0.15) is 37.4 Å². The smallest absolute Gasteiger partial charge is 0.101 e. The fourth-order valence-electron chi connectivity index (χ4n) is 1.19. The highest BCUT2D eigenvalue weighted by Crippen LogP contribution is 2.04. The monoisotopic (exact) mass is 174 g/mol. The minimum absolute atomic E-state index is 0.638. The summed E-state index contributed by atoms with van der Waals surface area (Å²) in [6.45, 7) is 2.19. The van der Waals surface area contributed by atoms with Crippen LogP contribution >= 0.6 is 0 Å². The highest BCUT2D eigenvalue weighted by atomic mass is 14.7. The van der Waals surface area contributed by atoms with E-state index in [0.717, 1.165) is 12.1 Å². The molecule has 0 unspecified atom stereocenters. The van der Waals surface area contributed by atoms with Crippen LogP contribution in [0, 0.1) is 11.3 Å². The van der Waals surface area contributed by atoms with E-state index in [-0.39, 0.29) is 0 Å². The minimum Gasteiger partial charge on any atom is -0.260 e. The third-order valence-electron chi connectivity index (χ3n) is 1.99. The van der Waals surface area contributed by atoms with Crippen LogP contribution in [0.25, 0.3) is 0 Å². The van der Waals surface area contributed by atoms with E-state index in [1.807, 2.05) is 12.1 Å². The second kappa shape index (κ2) is 5.31. The number of pyridine rings is 1. The van der Waals surface area contributed by atoms with Gasteiger partial charge in [-0.15, -0.1) is 0 Å². The molecule has 1 rings (SSSR count). The number of rotatable bonds is 4. The summed E-state index contributed by atoms with van der Waals surface area (Å²) in [6, 6.07) is 5.83. The van der Waals surface area contributed by atoms with Crippen LogP contribution in [-0.2, 0) is 6.42 Å². The standard InChI is InChI=1S/C11H14N2/c1-2-3-4-5-11-7-6-10(8-12)9-13-11/h6-7,9H,2-5H2,1H3. The summed E-state index contributed by atoms with van der Waals surface area (Å²) in [5, 5.41) is 8.55. The summed E-state index contributed by atoms with van der Waals surface area (Å²) in [5.74, 6) is 0. The topological polar surface area (TPSA) is 36.7 Å². The minimum atomic E-state index is 0.638. The van der Waals surface area contributed by atoms with Gasteiger partial charge in [0.1, 0.15) is 6.07 Å². The lowest BCUT2D eigenvalue weighted by atomic mass is 10.1. The molecule has 1 aromatic heterocycles. The van der Waals surface area contributed by atoms with E-state index in [9.17, 15) is 0 Å². The van der Waals surface area contributed by atoms with Crippen molar-refractivity contribution >= 4 is 0 Å². The first kappa shape index (κ1) is 9.73. The molecule has 2 nitrogen and oxygen atoms in total. The van der Waals surface area contributed by atoms with Gasteiger partial charge in [-0.3, -0.25) is 4.98 Å². The fourth-order valence-corrected chi connectivity index (χ4v) is 1.19. The average Bonchev–Trinajstić information content (AvgIpc) is 2.19. The lowest BCUT2D eigenvalue weighted by Gasteiger charge is -1.98. The molecule has 1 heterocycles. The fraction of sp³-hybridized carbons (Fsp3) is 0.455. The first-order valence-corrected chi connectivity index (χ1v) is 4.72. The first-order chi connectivity index (χ1) is 6.36. The van der Waals surface area contributed by atoms with Gasteiger partial charge in [-0.25, -0.2) is 0 Å². The van der Waals surface area contributed by atoms with E-state index in [1.165, 1.54) is 19.3 Å². The van der Waals surface area contributed by atoms with Gasteiger partial charge in [0.2, 0.25) is 0 Å². The van der Waals surface area contributed by atoms with Gasteiger partial charge < -0.3 is 0 Å². The molecule has 0 aliphatic heterocycles. The Kier molecular flexibility index (Phi) is 3.98. The predicted molar refractivity (Wildman–Crippen MR) is 52.2 cm³/mol. The maximum Gasteiger partial charge on any atom is 0.101 e. The van der Waals surface area contributed by atoms with Crippen LogP contribution in [-0.4, -0.2) is 4.98 Å². The Morgan fingerprint density at radius 2 is 2.23 bits per heavy atom. The van der Waals surface area contributed by atoms with Crippen LogP contribution in [0.3, 0.4) is 0 Å². The zero-order valence-corrected chi connectivity index (χ0v) is 7.95. The third kappa shape index (κ3) is 3.25. The second-order valence-corrected chi connectivity index (χ2v) is 3.11. The number of aromatic nitrogens is 1. The van der Waals surface area contributed by atoms with Gasteiger partial charge in [0.25, 0.3) is 0 Å². The van der Waals surface area contributed by atoms with Crippen molar-refractivity contribution in [1.29, 1.82) is 5.26 Å².